The van der Waals surface area contributed by atoms with Crippen molar-refractivity contribution in [3.63, 3.8) is 0 Å². The molecule has 2 aliphatic carbocycles. The second-order valence-electron chi connectivity index (χ2n) is 6.18. The van der Waals surface area contributed by atoms with Crippen molar-refractivity contribution < 1.29 is 4.74 Å². The average molecular weight is 218 g/mol. The molecule has 3 rings (SSSR count). The number of ether oxygens (including phenoxy) is 1. The summed E-state index contributed by atoms with van der Waals surface area (Å²) in [4.78, 5) is 0. The highest BCUT2D eigenvalue weighted by atomic mass is 16.6. The van der Waals surface area contributed by atoms with Crippen LogP contribution in [0.5, 0.6) is 0 Å². The molecule has 0 aromatic heterocycles. The molecule has 1 heterocycles. The van der Waals surface area contributed by atoms with E-state index in [9.17, 15) is 0 Å². The van der Waals surface area contributed by atoms with Gasteiger partial charge in [0.1, 0.15) is 0 Å². The van der Waals surface area contributed by atoms with Crippen LogP contribution in [0.15, 0.2) is 24.3 Å². The molecule has 1 saturated heterocycles. The van der Waals surface area contributed by atoms with Gasteiger partial charge in [-0.1, -0.05) is 31.2 Å². The third-order valence-corrected chi connectivity index (χ3v) is 5.36. The summed E-state index contributed by atoms with van der Waals surface area (Å²) >= 11 is 0. The molecule has 1 nitrogen and oxygen atoms in total. The summed E-state index contributed by atoms with van der Waals surface area (Å²) in [5, 5.41) is 0. The van der Waals surface area contributed by atoms with E-state index in [1.54, 1.807) is 0 Å². The summed E-state index contributed by atoms with van der Waals surface area (Å²) in [6.07, 6.45) is 6.05. The van der Waals surface area contributed by atoms with Gasteiger partial charge in [0.05, 0.1) is 12.2 Å². The van der Waals surface area contributed by atoms with Gasteiger partial charge in [0.15, 0.2) is 0 Å². The zero-order valence-corrected chi connectivity index (χ0v) is 10.5. The van der Waals surface area contributed by atoms with Gasteiger partial charge in [-0.2, -0.15) is 0 Å². The van der Waals surface area contributed by atoms with E-state index in [-0.39, 0.29) is 0 Å². The lowest BCUT2D eigenvalue weighted by Gasteiger charge is -2.44. The quantitative estimate of drug-likeness (QED) is 0.483. The lowest BCUT2D eigenvalue weighted by atomic mass is 9.61. The van der Waals surface area contributed by atoms with E-state index in [4.69, 9.17) is 4.74 Å². The van der Waals surface area contributed by atoms with Crippen LogP contribution in [0.2, 0.25) is 0 Å². The van der Waals surface area contributed by atoms with Gasteiger partial charge in [0, 0.05) is 0 Å². The van der Waals surface area contributed by atoms with Crippen LogP contribution in [0.3, 0.4) is 0 Å². The Morgan fingerprint density at radius 3 is 2.75 bits per heavy atom. The molecule has 5 atom stereocenters. The van der Waals surface area contributed by atoms with E-state index >= 15 is 0 Å². The minimum Gasteiger partial charge on any atom is -0.369 e. The zero-order valence-electron chi connectivity index (χ0n) is 10.5. The molecule has 1 aliphatic heterocycles. The van der Waals surface area contributed by atoms with Crippen LogP contribution in [0.4, 0.5) is 0 Å². The molecular weight excluding hydrogens is 196 g/mol. The summed E-state index contributed by atoms with van der Waals surface area (Å²) in [5.41, 5.74) is 3.24. The SMILES string of the molecule is C=C(C)[C@H]1CCC(=C)C2(CC3OC3C2C)C1. The maximum Gasteiger partial charge on any atom is 0.0876 e. The Morgan fingerprint density at radius 1 is 1.44 bits per heavy atom. The van der Waals surface area contributed by atoms with Crippen LogP contribution >= 0.6 is 0 Å². The van der Waals surface area contributed by atoms with Gasteiger partial charge in [-0.15, -0.1) is 0 Å². The first-order valence-electron chi connectivity index (χ1n) is 6.54. The molecule has 0 aromatic rings. The number of rotatable bonds is 1. The van der Waals surface area contributed by atoms with Gasteiger partial charge in [-0.3, -0.25) is 0 Å². The van der Waals surface area contributed by atoms with Crippen molar-refractivity contribution in [1.29, 1.82) is 0 Å². The third-order valence-electron chi connectivity index (χ3n) is 5.36. The van der Waals surface area contributed by atoms with Crippen LogP contribution in [0.1, 0.15) is 39.5 Å². The van der Waals surface area contributed by atoms with Crippen LogP contribution in [0.25, 0.3) is 0 Å². The van der Waals surface area contributed by atoms with Crippen molar-refractivity contribution in [3.8, 4) is 0 Å². The minimum absolute atomic E-state index is 0.384. The third kappa shape index (κ3) is 1.27. The second-order valence-corrected chi connectivity index (χ2v) is 6.18. The first-order chi connectivity index (χ1) is 7.54. The Hall–Kier alpha value is -0.560. The first kappa shape index (κ1) is 10.6. The Balaban J connectivity index is 1.87. The van der Waals surface area contributed by atoms with Gasteiger partial charge in [0.2, 0.25) is 0 Å². The Labute approximate surface area is 98.6 Å². The van der Waals surface area contributed by atoms with E-state index in [0.717, 1.165) is 0 Å². The lowest BCUT2D eigenvalue weighted by molar-refractivity contribution is 0.0982. The summed E-state index contributed by atoms with van der Waals surface area (Å²) in [6, 6.07) is 0. The van der Waals surface area contributed by atoms with E-state index < -0.39 is 0 Å². The Morgan fingerprint density at radius 2 is 2.19 bits per heavy atom. The molecule has 1 spiro atoms. The second kappa shape index (κ2) is 3.22. The van der Waals surface area contributed by atoms with Crippen molar-refractivity contribution >= 4 is 0 Å². The predicted octanol–water partition coefficient (Wildman–Crippen LogP) is 3.71. The standard InChI is InChI=1S/C15H22O/c1-9(2)12-6-5-10(3)15(7-12)8-13-14(16-13)11(15)4/h11-14H,1,3,5-8H2,2,4H3/t11?,12-,13?,14?,15?/m0/s1. The fourth-order valence-corrected chi connectivity index (χ4v) is 4.06. The number of allylic oxidation sites excluding steroid dienone is 2. The van der Waals surface area contributed by atoms with Crippen molar-refractivity contribution in [2.45, 2.75) is 51.7 Å². The van der Waals surface area contributed by atoms with Crippen LogP contribution in [-0.2, 0) is 4.74 Å². The van der Waals surface area contributed by atoms with Crippen LogP contribution in [0, 0.1) is 17.3 Å². The molecular formula is C15H22O. The largest absolute Gasteiger partial charge is 0.369 e. The zero-order chi connectivity index (χ0) is 11.5. The number of hydrogen-bond donors (Lipinski definition) is 0. The van der Waals surface area contributed by atoms with Crippen molar-refractivity contribution in [1.82, 2.24) is 0 Å². The normalized spacial score (nSPS) is 50.5. The van der Waals surface area contributed by atoms with Gasteiger partial charge in [0.25, 0.3) is 0 Å². The molecule has 88 valence electrons. The van der Waals surface area contributed by atoms with Gasteiger partial charge in [-0.05, 0) is 49.9 Å². The van der Waals surface area contributed by atoms with Crippen LogP contribution in [-0.4, -0.2) is 12.2 Å². The molecule has 3 fully saturated rings. The maximum absolute atomic E-state index is 5.67. The molecule has 0 aromatic carbocycles. The highest BCUT2D eigenvalue weighted by molar-refractivity contribution is 5.26. The average Bonchev–Trinajstić information content (AvgIpc) is 2.93. The summed E-state index contributed by atoms with van der Waals surface area (Å²) < 4.78 is 5.67. The summed E-state index contributed by atoms with van der Waals surface area (Å²) in [6.45, 7) is 13.1. The lowest BCUT2D eigenvalue weighted by Crippen LogP contribution is -2.36. The first-order valence-corrected chi connectivity index (χ1v) is 6.54. The van der Waals surface area contributed by atoms with E-state index in [1.807, 2.05) is 0 Å². The monoisotopic (exact) mass is 218 g/mol. The molecule has 16 heavy (non-hydrogen) atoms. The number of fused-ring (bicyclic) bond motifs is 1. The van der Waals surface area contributed by atoms with E-state index in [2.05, 4.69) is 27.0 Å². The van der Waals surface area contributed by atoms with E-state index in [1.165, 1.54) is 36.8 Å². The maximum atomic E-state index is 5.67. The van der Waals surface area contributed by atoms with Crippen molar-refractivity contribution in [3.05, 3.63) is 24.3 Å². The highest BCUT2D eigenvalue weighted by Gasteiger charge is 2.62. The van der Waals surface area contributed by atoms with E-state index in [0.29, 0.717) is 29.5 Å². The number of epoxide rings is 1. The Bertz CT molecular complexity index is 356. The summed E-state index contributed by atoms with van der Waals surface area (Å²) in [7, 11) is 0. The summed E-state index contributed by atoms with van der Waals surface area (Å²) in [5.74, 6) is 1.39. The van der Waals surface area contributed by atoms with Gasteiger partial charge < -0.3 is 4.74 Å². The minimum atomic E-state index is 0.384. The number of hydrogen-bond acceptors (Lipinski definition) is 1. The fourth-order valence-electron chi connectivity index (χ4n) is 4.06. The van der Waals surface area contributed by atoms with Crippen molar-refractivity contribution in [2.24, 2.45) is 17.3 Å². The molecule has 0 bridgehead atoms. The van der Waals surface area contributed by atoms with Gasteiger partial charge in [-0.25, -0.2) is 0 Å². The fraction of sp³-hybridized carbons (Fsp3) is 0.733. The molecule has 0 radical (unpaired) electrons. The molecule has 1 heteroatoms. The molecule has 2 saturated carbocycles. The molecule has 0 N–H and O–H groups in total. The smallest absolute Gasteiger partial charge is 0.0876 e. The highest BCUT2D eigenvalue weighted by Crippen LogP contribution is 2.63. The van der Waals surface area contributed by atoms with Gasteiger partial charge >= 0.3 is 0 Å². The van der Waals surface area contributed by atoms with Crippen LogP contribution < -0.4 is 0 Å². The Kier molecular flexibility index (Phi) is 2.13. The van der Waals surface area contributed by atoms with Crippen molar-refractivity contribution in [2.75, 3.05) is 0 Å². The molecule has 4 unspecified atom stereocenters. The topological polar surface area (TPSA) is 12.5 Å². The molecule has 0 amide bonds. The molecule has 3 aliphatic rings. The predicted molar refractivity (Wildman–Crippen MR) is 66.2 cm³/mol.